The van der Waals surface area contributed by atoms with Crippen LogP contribution in [-0.2, 0) is 20.2 Å². The molecular weight excluding hydrogens is 394 g/mol. The predicted molar refractivity (Wildman–Crippen MR) is 117 cm³/mol. The van der Waals surface area contributed by atoms with Crippen molar-refractivity contribution in [1.82, 2.24) is 14.5 Å². The number of aliphatic hydroxyl groups excluding tert-OH is 1. The van der Waals surface area contributed by atoms with Crippen molar-refractivity contribution in [1.29, 1.82) is 0 Å². The van der Waals surface area contributed by atoms with Gasteiger partial charge >= 0.3 is 0 Å². The summed E-state index contributed by atoms with van der Waals surface area (Å²) < 4.78 is 13.6. The van der Waals surface area contributed by atoms with Gasteiger partial charge in [0.05, 0.1) is 30.7 Å². The molecule has 160 valence electrons. The predicted octanol–water partition coefficient (Wildman–Crippen LogP) is 3.69. The van der Waals surface area contributed by atoms with Crippen molar-refractivity contribution in [3.05, 3.63) is 83.6 Å². The number of furan rings is 1. The van der Waals surface area contributed by atoms with Gasteiger partial charge in [0.15, 0.2) is 0 Å². The van der Waals surface area contributed by atoms with Crippen molar-refractivity contribution in [2.75, 3.05) is 13.2 Å². The van der Waals surface area contributed by atoms with Crippen LogP contribution in [0.1, 0.15) is 27.4 Å². The van der Waals surface area contributed by atoms with Gasteiger partial charge in [-0.15, -0.1) is 0 Å². The molecule has 0 aliphatic heterocycles. The number of aliphatic hydroxyl groups is 1. The molecule has 7 heteroatoms. The first-order valence-electron chi connectivity index (χ1n) is 10.1. The lowest BCUT2D eigenvalue weighted by molar-refractivity contribution is 0.0704. The fraction of sp³-hybridized carbons (Fsp3) is 0.250. The molecule has 0 saturated carbocycles. The minimum absolute atomic E-state index is 0.135. The number of ether oxygens (including phenoxy) is 1. The van der Waals surface area contributed by atoms with E-state index in [-0.39, 0.29) is 19.1 Å². The van der Waals surface area contributed by atoms with Crippen molar-refractivity contribution in [2.45, 2.75) is 20.1 Å². The van der Waals surface area contributed by atoms with Crippen molar-refractivity contribution >= 4 is 16.9 Å². The molecule has 7 nitrogen and oxygen atoms in total. The highest BCUT2D eigenvalue weighted by atomic mass is 16.5. The van der Waals surface area contributed by atoms with E-state index in [0.717, 1.165) is 11.3 Å². The van der Waals surface area contributed by atoms with Gasteiger partial charge < -0.3 is 23.7 Å². The maximum Gasteiger partial charge on any atom is 0.258 e. The summed E-state index contributed by atoms with van der Waals surface area (Å²) >= 11 is 0. The Kier molecular flexibility index (Phi) is 6.04. The summed E-state index contributed by atoms with van der Waals surface area (Å²) in [6.07, 6.45) is 3.40. The van der Waals surface area contributed by atoms with Gasteiger partial charge in [-0.2, -0.15) is 0 Å². The molecule has 1 N–H and O–H groups in total. The Morgan fingerprint density at radius 2 is 2.03 bits per heavy atom. The van der Waals surface area contributed by atoms with Crippen LogP contribution in [0.4, 0.5) is 0 Å². The normalized spacial score (nSPS) is 11.1. The summed E-state index contributed by atoms with van der Waals surface area (Å²) in [7, 11) is 1.87. The molecule has 2 aromatic heterocycles. The molecule has 0 fully saturated rings. The monoisotopic (exact) mass is 419 g/mol. The van der Waals surface area contributed by atoms with E-state index < -0.39 is 0 Å². The average Bonchev–Trinajstić information content (AvgIpc) is 3.33. The van der Waals surface area contributed by atoms with Gasteiger partial charge in [0.1, 0.15) is 23.7 Å². The number of nitrogens with zero attached hydrogens (tertiary/aromatic N) is 3. The van der Waals surface area contributed by atoms with Gasteiger partial charge in [-0.05, 0) is 30.7 Å². The van der Waals surface area contributed by atoms with E-state index in [1.165, 1.54) is 0 Å². The average molecular weight is 419 g/mol. The van der Waals surface area contributed by atoms with E-state index in [1.54, 1.807) is 24.3 Å². The first kappa shape index (κ1) is 20.7. The molecule has 0 radical (unpaired) electrons. The lowest BCUT2D eigenvalue weighted by Crippen LogP contribution is -2.34. The van der Waals surface area contributed by atoms with Gasteiger partial charge in [0, 0.05) is 25.2 Å². The Hall–Kier alpha value is -3.58. The lowest BCUT2D eigenvalue weighted by atomic mass is 10.1. The Morgan fingerprint density at radius 1 is 1.23 bits per heavy atom. The molecule has 0 bridgehead atoms. The van der Waals surface area contributed by atoms with E-state index in [4.69, 9.17) is 9.15 Å². The van der Waals surface area contributed by atoms with Crippen molar-refractivity contribution in [2.24, 2.45) is 7.05 Å². The Morgan fingerprint density at radius 3 is 2.74 bits per heavy atom. The van der Waals surface area contributed by atoms with Gasteiger partial charge in [0.2, 0.25) is 0 Å². The Bertz CT molecular complexity index is 1180. The molecule has 31 heavy (non-hydrogen) atoms. The van der Waals surface area contributed by atoms with E-state index in [0.29, 0.717) is 41.2 Å². The summed E-state index contributed by atoms with van der Waals surface area (Å²) in [5.74, 6) is 0.992. The quantitative estimate of drug-likeness (QED) is 0.471. The van der Waals surface area contributed by atoms with Crippen molar-refractivity contribution in [3.63, 3.8) is 0 Å². The zero-order valence-corrected chi connectivity index (χ0v) is 17.6. The molecule has 0 spiro atoms. The van der Waals surface area contributed by atoms with Crippen molar-refractivity contribution in [3.8, 4) is 5.75 Å². The molecular formula is C24H25N3O4. The van der Waals surface area contributed by atoms with Crippen LogP contribution in [0.5, 0.6) is 5.75 Å². The number of carbonyl (C=O) groups is 1. The highest BCUT2D eigenvalue weighted by Gasteiger charge is 2.24. The van der Waals surface area contributed by atoms with Gasteiger partial charge in [-0.1, -0.05) is 30.3 Å². The number of aromatic nitrogens is 2. The largest absolute Gasteiger partial charge is 0.489 e. The van der Waals surface area contributed by atoms with Crippen LogP contribution < -0.4 is 4.74 Å². The van der Waals surface area contributed by atoms with E-state index in [2.05, 4.69) is 4.98 Å². The molecule has 2 aromatic carbocycles. The Balaban J connectivity index is 1.62. The standard InChI is InChI=1S/C24H25N3O4/c1-17-23(24(29)27(10-11-28)14-19-13-25-16-26(19)2)21-12-20(8-9-22(21)31-17)30-15-18-6-4-3-5-7-18/h3-9,12-13,16,28H,10-11,14-15H2,1-2H3. The van der Waals surface area contributed by atoms with Gasteiger partial charge in [-0.3, -0.25) is 4.79 Å². The van der Waals surface area contributed by atoms with E-state index in [9.17, 15) is 9.90 Å². The SMILES string of the molecule is Cc1oc2ccc(OCc3ccccc3)cc2c1C(=O)N(CCO)Cc1cncn1C. The molecule has 2 heterocycles. The summed E-state index contributed by atoms with van der Waals surface area (Å²) in [5, 5.41) is 10.2. The van der Waals surface area contributed by atoms with Crippen LogP contribution in [0, 0.1) is 6.92 Å². The van der Waals surface area contributed by atoms with Crippen LogP contribution in [0.15, 0.2) is 65.5 Å². The first-order chi connectivity index (χ1) is 15.1. The number of hydrogen-bond donors (Lipinski definition) is 1. The van der Waals surface area contributed by atoms with Crippen LogP contribution in [0.25, 0.3) is 11.0 Å². The topological polar surface area (TPSA) is 80.7 Å². The zero-order valence-electron chi connectivity index (χ0n) is 17.6. The van der Waals surface area contributed by atoms with Crippen molar-refractivity contribution < 1.29 is 19.1 Å². The van der Waals surface area contributed by atoms with Crippen LogP contribution in [-0.4, -0.2) is 38.6 Å². The second-order valence-electron chi connectivity index (χ2n) is 7.41. The molecule has 4 rings (SSSR count). The second-order valence-corrected chi connectivity index (χ2v) is 7.41. The molecule has 0 saturated heterocycles. The summed E-state index contributed by atoms with van der Waals surface area (Å²) in [6.45, 7) is 2.62. The number of hydrogen-bond acceptors (Lipinski definition) is 5. The molecule has 4 aromatic rings. The van der Waals surface area contributed by atoms with Gasteiger partial charge in [-0.25, -0.2) is 4.98 Å². The minimum Gasteiger partial charge on any atom is -0.489 e. The molecule has 0 aliphatic carbocycles. The molecule has 0 atom stereocenters. The third-order valence-corrected chi connectivity index (χ3v) is 5.22. The van der Waals surface area contributed by atoms with Crippen LogP contribution in [0.3, 0.4) is 0 Å². The van der Waals surface area contributed by atoms with Gasteiger partial charge in [0.25, 0.3) is 5.91 Å². The fourth-order valence-corrected chi connectivity index (χ4v) is 3.56. The maximum atomic E-state index is 13.4. The number of rotatable bonds is 8. The number of imidazole rings is 1. The summed E-state index contributed by atoms with van der Waals surface area (Å²) in [5.41, 5.74) is 3.04. The lowest BCUT2D eigenvalue weighted by Gasteiger charge is -2.22. The van der Waals surface area contributed by atoms with E-state index >= 15 is 0 Å². The number of aryl methyl sites for hydroxylation is 2. The van der Waals surface area contributed by atoms with E-state index in [1.807, 2.05) is 60.1 Å². The van der Waals surface area contributed by atoms with Crippen LogP contribution in [0.2, 0.25) is 0 Å². The second kappa shape index (κ2) is 9.06. The number of carbonyl (C=O) groups excluding carboxylic acids is 1. The highest BCUT2D eigenvalue weighted by molar-refractivity contribution is 6.07. The number of fused-ring (bicyclic) bond motifs is 1. The number of benzene rings is 2. The highest BCUT2D eigenvalue weighted by Crippen LogP contribution is 2.30. The smallest absolute Gasteiger partial charge is 0.258 e. The molecule has 0 unspecified atom stereocenters. The first-order valence-corrected chi connectivity index (χ1v) is 10.1. The summed E-state index contributed by atoms with van der Waals surface area (Å²) in [6, 6.07) is 15.4. The fourth-order valence-electron chi connectivity index (χ4n) is 3.56. The zero-order chi connectivity index (χ0) is 21.8. The third-order valence-electron chi connectivity index (χ3n) is 5.22. The van der Waals surface area contributed by atoms with Crippen LogP contribution >= 0.6 is 0 Å². The summed E-state index contributed by atoms with van der Waals surface area (Å²) in [4.78, 5) is 19.2. The third kappa shape index (κ3) is 4.46. The number of amides is 1. The molecule has 1 amide bonds. The minimum atomic E-state index is -0.202. The Labute approximate surface area is 180 Å². The maximum absolute atomic E-state index is 13.4. The molecule has 0 aliphatic rings.